The summed E-state index contributed by atoms with van der Waals surface area (Å²) < 4.78 is 13.1. The zero-order valence-electron chi connectivity index (χ0n) is 27.0. The molecule has 4 heteroatoms. The molecule has 0 bridgehead atoms. The van der Waals surface area contributed by atoms with Gasteiger partial charge < -0.3 is 14.2 Å². The normalized spacial score (nSPS) is 14.6. The predicted molar refractivity (Wildman–Crippen MR) is 205 cm³/mol. The second kappa shape index (κ2) is 11.5. The average Bonchev–Trinajstić information content (AvgIpc) is 3.76. The summed E-state index contributed by atoms with van der Waals surface area (Å²) in [5, 5.41) is 7.90. The molecule has 0 spiro atoms. The lowest BCUT2D eigenvalue weighted by Crippen LogP contribution is -2.31. The number of fused-ring (bicyclic) bond motifs is 7. The van der Waals surface area contributed by atoms with Crippen molar-refractivity contribution in [1.29, 1.82) is 0 Å². The van der Waals surface area contributed by atoms with E-state index >= 15 is 0 Å². The van der Waals surface area contributed by atoms with E-state index in [1.807, 2.05) is 30.3 Å². The molecule has 1 aliphatic heterocycles. The molecule has 0 radical (unpaired) electrons. The van der Waals surface area contributed by atoms with Crippen LogP contribution in [0.15, 0.2) is 184 Å². The third-order valence-corrected chi connectivity index (χ3v) is 9.73. The van der Waals surface area contributed by atoms with Gasteiger partial charge in [-0.05, 0) is 76.4 Å². The largest absolute Gasteiger partial charge is 0.452 e. The number of hydrogen-bond donors (Lipinski definition) is 1. The van der Waals surface area contributed by atoms with Crippen molar-refractivity contribution in [3.05, 3.63) is 187 Å². The Morgan fingerprint density at radius 3 is 1.56 bits per heavy atom. The Kier molecular flexibility index (Phi) is 6.53. The van der Waals surface area contributed by atoms with Crippen molar-refractivity contribution in [1.82, 2.24) is 5.32 Å². The summed E-state index contributed by atoms with van der Waals surface area (Å²) in [5.41, 5.74) is 11.9. The van der Waals surface area contributed by atoms with Gasteiger partial charge in [0, 0.05) is 32.7 Å². The van der Waals surface area contributed by atoms with Crippen LogP contribution in [0.1, 0.15) is 22.7 Å². The Labute approximate surface area is 288 Å². The molecular weight excluding hydrogens is 613 g/mol. The second-order valence-electron chi connectivity index (χ2n) is 12.8. The van der Waals surface area contributed by atoms with Gasteiger partial charge in [-0.1, -0.05) is 121 Å². The van der Waals surface area contributed by atoms with Crippen LogP contribution < -0.4 is 5.32 Å². The first-order valence-corrected chi connectivity index (χ1v) is 16.9. The maximum absolute atomic E-state index is 6.61. The topological polar surface area (TPSA) is 50.7 Å². The fourth-order valence-corrected chi connectivity index (χ4v) is 7.20. The van der Waals surface area contributed by atoms with E-state index < -0.39 is 0 Å². The molecule has 1 atom stereocenters. The third kappa shape index (κ3) is 4.81. The van der Waals surface area contributed by atoms with Crippen molar-refractivity contribution in [2.75, 3.05) is 0 Å². The summed E-state index contributed by atoms with van der Waals surface area (Å²) in [4.78, 5) is 5.12. The first-order valence-electron chi connectivity index (χ1n) is 16.9. The van der Waals surface area contributed by atoms with Gasteiger partial charge in [0.05, 0.1) is 11.7 Å². The van der Waals surface area contributed by atoms with Gasteiger partial charge in [0.25, 0.3) is 0 Å². The molecule has 0 amide bonds. The lowest BCUT2D eigenvalue weighted by molar-refractivity contribution is 0.633. The van der Waals surface area contributed by atoms with Gasteiger partial charge >= 0.3 is 0 Å². The Balaban J connectivity index is 1.05. The summed E-state index contributed by atoms with van der Waals surface area (Å²) in [5.74, 6) is 0.860. The quantitative estimate of drug-likeness (QED) is 0.203. The number of nitrogens with zero attached hydrogens (tertiary/aromatic N) is 1. The molecule has 2 aromatic heterocycles. The van der Waals surface area contributed by atoms with Crippen LogP contribution in [0.2, 0.25) is 0 Å². The van der Waals surface area contributed by atoms with Crippen LogP contribution in [0.3, 0.4) is 0 Å². The highest BCUT2D eigenvalue weighted by atomic mass is 16.4. The van der Waals surface area contributed by atoms with Crippen molar-refractivity contribution in [3.8, 4) is 22.3 Å². The molecule has 0 saturated carbocycles. The molecule has 0 saturated heterocycles. The van der Waals surface area contributed by atoms with Crippen molar-refractivity contribution in [3.63, 3.8) is 0 Å². The molecule has 1 unspecified atom stereocenters. The zero-order valence-corrected chi connectivity index (χ0v) is 27.0. The lowest BCUT2D eigenvalue weighted by atomic mass is 9.97. The Hall–Kier alpha value is -6.65. The minimum absolute atomic E-state index is 0.00512. The van der Waals surface area contributed by atoms with E-state index in [9.17, 15) is 0 Å². The van der Waals surface area contributed by atoms with E-state index in [-0.39, 0.29) is 6.04 Å². The Morgan fingerprint density at radius 2 is 0.920 bits per heavy atom. The third-order valence-electron chi connectivity index (χ3n) is 9.73. The van der Waals surface area contributed by atoms with Gasteiger partial charge in [0.2, 0.25) is 0 Å². The number of rotatable bonds is 5. The van der Waals surface area contributed by atoms with Gasteiger partial charge in [0.1, 0.15) is 17.0 Å². The standard InChI is InChI=1S/C46H30N2O2/c1-4-11-29(12-5-1)33-19-21-36-38-23-24-39-37-22-20-34(27-43(37)50-45(39)44(38)49-42(36)26-33)32-17-10-18-35(25-32)41-28-40(30-13-6-2-7-14-30)47-46(48-41)31-15-8-3-9-16-31/h1-28,40H,(H,47,48). The molecule has 0 aliphatic carbocycles. The Bertz CT molecular complexity index is 2770. The smallest absolute Gasteiger partial charge is 0.178 e. The van der Waals surface area contributed by atoms with Gasteiger partial charge in [-0.2, -0.15) is 0 Å². The fraction of sp³-hybridized carbons (Fsp3) is 0.0217. The van der Waals surface area contributed by atoms with Crippen LogP contribution in [0, 0.1) is 0 Å². The Morgan fingerprint density at radius 1 is 0.420 bits per heavy atom. The van der Waals surface area contributed by atoms with Gasteiger partial charge in [0.15, 0.2) is 11.2 Å². The number of aliphatic imine (C=N–C) groups is 1. The number of amidine groups is 1. The average molecular weight is 643 g/mol. The molecule has 3 heterocycles. The number of furan rings is 2. The van der Waals surface area contributed by atoms with Crippen LogP contribution in [-0.2, 0) is 0 Å². The number of benzene rings is 7. The summed E-state index contributed by atoms with van der Waals surface area (Å²) in [6.45, 7) is 0. The SMILES string of the molecule is C1=C(c2cccc(-c3ccc4c(c3)oc3c4ccc4c5ccc(-c6ccccc6)cc5oc43)c2)N=C(c2ccccc2)NC1c1ccccc1. The molecular formula is C46H30N2O2. The summed E-state index contributed by atoms with van der Waals surface area (Å²) in [6, 6.07) is 57.0. The summed E-state index contributed by atoms with van der Waals surface area (Å²) >= 11 is 0. The van der Waals surface area contributed by atoms with Gasteiger partial charge in [-0.25, -0.2) is 4.99 Å². The molecule has 50 heavy (non-hydrogen) atoms. The molecule has 0 fully saturated rings. The van der Waals surface area contributed by atoms with Crippen molar-refractivity contribution < 1.29 is 8.83 Å². The van der Waals surface area contributed by atoms with Gasteiger partial charge in [-0.3, -0.25) is 0 Å². The lowest BCUT2D eigenvalue weighted by Gasteiger charge is -2.24. The first kappa shape index (κ1) is 28.4. The fourth-order valence-electron chi connectivity index (χ4n) is 7.20. The van der Waals surface area contributed by atoms with E-state index in [1.54, 1.807) is 0 Å². The van der Waals surface area contributed by atoms with Gasteiger partial charge in [-0.15, -0.1) is 0 Å². The van der Waals surface area contributed by atoms with Crippen LogP contribution in [0.25, 0.3) is 71.8 Å². The monoisotopic (exact) mass is 642 g/mol. The van der Waals surface area contributed by atoms with E-state index in [0.717, 1.165) is 88.8 Å². The van der Waals surface area contributed by atoms with Crippen LogP contribution >= 0.6 is 0 Å². The zero-order chi connectivity index (χ0) is 33.0. The van der Waals surface area contributed by atoms with Crippen molar-refractivity contribution in [2.45, 2.75) is 6.04 Å². The van der Waals surface area contributed by atoms with Crippen LogP contribution in [0.4, 0.5) is 0 Å². The molecule has 7 aromatic carbocycles. The predicted octanol–water partition coefficient (Wildman–Crippen LogP) is 12.0. The first-order chi connectivity index (χ1) is 24.7. The maximum atomic E-state index is 6.61. The van der Waals surface area contributed by atoms with Crippen LogP contribution in [-0.4, -0.2) is 5.84 Å². The molecule has 10 rings (SSSR count). The summed E-state index contributed by atoms with van der Waals surface area (Å²) in [7, 11) is 0. The summed E-state index contributed by atoms with van der Waals surface area (Å²) in [6.07, 6.45) is 2.21. The molecule has 4 nitrogen and oxygen atoms in total. The highest BCUT2D eigenvalue weighted by Crippen LogP contribution is 2.41. The highest BCUT2D eigenvalue weighted by molar-refractivity contribution is 6.19. The molecule has 236 valence electrons. The molecule has 1 N–H and O–H groups in total. The highest BCUT2D eigenvalue weighted by Gasteiger charge is 2.21. The minimum atomic E-state index is -0.00512. The number of hydrogen-bond acceptors (Lipinski definition) is 4. The van der Waals surface area contributed by atoms with E-state index in [2.05, 4.69) is 145 Å². The maximum Gasteiger partial charge on any atom is 0.178 e. The number of nitrogens with one attached hydrogen (secondary N) is 1. The second-order valence-corrected chi connectivity index (χ2v) is 12.8. The van der Waals surface area contributed by atoms with Crippen LogP contribution in [0.5, 0.6) is 0 Å². The van der Waals surface area contributed by atoms with E-state index in [1.165, 1.54) is 5.56 Å². The van der Waals surface area contributed by atoms with Crippen molar-refractivity contribution in [2.24, 2.45) is 4.99 Å². The molecule has 1 aliphatic rings. The van der Waals surface area contributed by atoms with E-state index in [4.69, 9.17) is 13.8 Å². The minimum Gasteiger partial charge on any atom is -0.452 e. The van der Waals surface area contributed by atoms with E-state index in [0.29, 0.717) is 0 Å². The molecule has 9 aromatic rings. The van der Waals surface area contributed by atoms with Crippen molar-refractivity contribution >= 4 is 55.4 Å².